The lowest BCUT2D eigenvalue weighted by atomic mass is 9.60. The minimum absolute atomic E-state index is 0.139. The van der Waals surface area contributed by atoms with Crippen LogP contribution in [-0.4, -0.2) is 78.1 Å². The summed E-state index contributed by atoms with van der Waals surface area (Å²) in [6.07, 6.45) is -0.372. The zero-order valence-corrected chi connectivity index (χ0v) is 18.2. The molecule has 1 aliphatic heterocycles. The third kappa shape index (κ3) is 4.18. The first-order chi connectivity index (χ1) is 13.9. The highest BCUT2D eigenvalue weighted by Crippen LogP contribution is 2.36. The van der Waals surface area contributed by atoms with E-state index in [1.807, 2.05) is 0 Å². The molecule has 15 heteroatoms. The van der Waals surface area contributed by atoms with Gasteiger partial charge in [-0.25, -0.2) is 17.4 Å². The molecule has 8 nitrogen and oxygen atoms in total. The van der Waals surface area contributed by atoms with Crippen molar-refractivity contribution in [1.29, 1.82) is 0 Å². The Bertz CT molecular complexity index is 1070. The largest absolute Gasteiger partial charge is 0.363 e. The Kier molecular flexibility index (Phi) is 6.16. The molecule has 3 rings (SSSR count). The highest BCUT2D eigenvalue weighted by atomic mass is 79.9. The maximum Gasteiger partial charge on any atom is 0.202 e. The van der Waals surface area contributed by atoms with Crippen LogP contribution in [0.15, 0.2) is 32.3 Å². The fourth-order valence-electron chi connectivity index (χ4n) is 3.08. The van der Waals surface area contributed by atoms with Gasteiger partial charge >= 0.3 is 0 Å². The second kappa shape index (κ2) is 8.07. The van der Waals surface area contributed by atoms with Crippen molar-refractivity contribution in [3.63, 3.8) is 0 Å². The van der Waals surface area contributed by atoms with Gasteiger partial charge < -0.3 is 10.6 Å². The Morgan fingerprint density at radius 2 is 1.90 bits per heavy atom. The van der Waals surface area contributed by atoms with Crippen LogP contribution < -0.4 is 10.6 Å². The predicted molar refractivity (Wildman–Crippen MR) is 119 cm³/mol. The van der Waals surface area contributed by atoms with E-state index in [0.29, 0.717) is 5.69 Å². The van der Waals surface area contributed by atoms with Crippen LogP contribution in [-0.2, 0) is 9.84 Å². The van der Waals surface area contributed by atoms with E-state index in [0.717, 1.165) is 0 Å². The fraction of sp³-hybridized carbons (Fsp3) is 0.400. The number of rotatable bonds is 4. The van der Waals surface area contributed by atoms with Crippen LogP contribution in [0.25, 0.3) is 0 Å². The minimum Gasteiger partial charge on any atom is -0.363 e. The van der Waals surface area contributed by atoms with Gasteiger partial charge in [-0.1, -0.05) is 0 Å². The molecule has 0 unspecified atom stereocenters. The number of anilines is 2. The minimum atomic E-state index is -4.19. The molecule has 8 radical (unpaired) electrons. The third-order valence-electron chi connectivity index (χ3n) is 4.59. The number of halogens is 2. The van der Waals surface area contributed by atoms with Crippen molar-refractivity contribution in [2.24, 2.45) is 4.99 Å². The first-order valence-electron chi connectivity index (χ1n) is 8.56. The highest BCUT2D eigenvalue weighted by molar-refractivity contribution is 9.10. The first-order valence-corrected chi connectivity index (χ1v) is 10.8. The maximum atomic E-state index is 13.5. The van der Waals surface area contributed by atoms with Gasteiger partial charge in [0.05, 0.1) is 35.9 Å². The summed E-state index contributed by atoms with van der Waals surface area (Å²) in [6.45, 7) is 0. The van der Waals surface area contributed by atoms with Crippen molar-refractivity contribution in [2.45, 2.75) is 28.0 Å². The predicted octanol–water partition coefficient (Wildman–Crippen LogP) is 0.430. The molecule has 0 atom stereocenters. The monoisotopic (exact) mass is 485 g/mol. The van der Waals surface area contributed by atoms with E-state index in [-0.39, 0.29) is 34.7 Å². The molecule has 2 heterocycles. The number of sulfone groups is 1. The molecule has 148 valence electrons. The quantitative estimate of drug-likeness (QED) is 0.367. The van der Waals surface area contributed by atoms with Crippen LogP contribution in [0.5, 0.6) is 0 Å². The van der Waals surface area contributed by atoms with E-state index in [2.05, 4.69) is 41.9 Å². The zero-order valence-electron chi connectivity index (χ0n) is 15.8. The van der Waals surface area contributed by atoms with Gasteiger partial charge in [-0.3, -0.25) is 4.99 Å². The molecule has 0 bridgehead atoms. The average molecular weight is 486 g/mol. The second-order valence-corrected chi connectivity index (χ2v) is 10.3. The van der Waals surface area contributed by atoms with Gasteiger partial charge in [0.15, 0.2) is 11.5 Å². The van der Waals surface area contributed by atoms with Crippen molar-refractivity contribution in [3.8, 4) is 0 Å². The van der Waals surface area contributed by atoms with Crippen molar-refractivity contribution < 1.29 is 17.4 Å². The lowest BCUT2D eigenvalue weighted by Gasteiger charge is -2.46. The maximum absolute atomic E-state index is 13.5. The van der Waals surface area contributed by atoms with E-state index in [4.69, 9.17) is 36.0 Å². The van der Waals surface area contributed by atoms with Crippen molar-refractivity contribution in [1.82, 2.24) is 10.3 Å². The highest BCUT2D eigenvalue weighted by Gasteiger charge is 2.50. The Morgan fingerprint density at radius 3 is 2.47 bits per heavy atom. The van der Waals surface area contributed by atoms with Gasteiger partial charge in [-0.2, -0.15) is 0 Å². The number of nitrogens with one attached hydrogen (secondary N) is 2. The van der Waals surface area contributed by atoms with Gasteiger partial charge in [0, 0.05) is 18.8 Å². The normalized spacial score (nSPS) is 20.6. The third-order valence-corrected chi connectivity index (χ3v) is 7.53. The summed E-state index contributed by atoms with van der Waals surface area (Å²) in [5, 5.41) is 13.5. The van der Waals surface area contributed by atoms with Crippen LogP contribution in [0.1, 0.15) is 18.5 Å². The molecule has 0 saturated carbocycles. The smallest absolute Gasteiger partial charge is 0.202 e. The fourth-order valence-corrected chi connectivity index (χ4v) is 5.01. The van der Waals surface area contributed by atoms with E-state index < -0.39 is 30.8 Å². The van der Waals surface area contributed by atoms with Crippen molar-refractivity contribution >= 4 is 74.5 Å². The number of nitrogens with zero attached hydrogens (tertiary/aromatic N) is 3. The Hall–Kier alpha value is -1.75. The van der Waals surface area contributed by atoms with E-state index >= 15 is 0 Å². The van der Waals surface area contributed by atoms with Crippen LogP contribution in [0.3, 0.4) is 0 Å². The number of hydrogen-bond acceptors (Lipinski definition) is 7. The zero-order chi connectivity index (χ0) is 22.3. The molecule has 1 aromatic heterocycles. The topological polar surface area (TPSA) is 109 Å². The van der Waals surface area contributed by atoms with Crippen LogP contribution in [0.2, 0.25) is 0 Å². The lowest BCUT2D eigenvalue weighted by molar-refractivity contribution is 0.307. The number of aromatic nitrogens is 2. The summed E-state index contributed by atoms with van der Waals surface area (Å²) in [7, 11) is 20.4. The van der Waals surface area contributed by atoms with E-state index in [1.54, 1.807) is 0 Å². The molecule has 1 saturated heterocycles. The molecule has 2 aromatic rings. The van der Waals surface area contributed by atoms with Crippen LogP contribution in [0, 0.1) is 5.82 Å². The summed E-state index contributed by atoms with van der Waals surface area (Å²) in [5.74, 6) is -0.0354. The summed E-state index contributed by atoms with van der Waals surface area (Å²) in [5.41, 5.74) is 0.707. The lowest BCUT2D eigenvalue weighted by Crippen LogP contribution is -2.62. The van der Waals surface area contributed by atoms with Gasteiger partial charge in [0.2, 0.25) is 5.82 Å². The molecule has 1 aliphatic rings. The van der Waals surface area contributed by atoms with Gasteiger partial charge in [-0.05, 0) is 66.4 Å². The van der Waals surface area contributed by atoms with E-state index in [9.17, 15) is 12.8 Å². The number of hydrogen-bond donors (Lipinski definition) is 2. The standard InChI is InChI=1S/C15H13B4BrFN5O3S/c1-22-12(23-7-2-3-10(21)9(20)4-7)11-13(26-29-25-11)24-8-5-14(16,17)30(27,28)15(18,19)6-8/h2-4,8H,5-6H2,1H3,(H,22,23)(H,24,26). The van der Waals surface area contributed by atoms with Gasteiger partial charge in [0.25, 0.3) is 0 Å². The summed E-state index contributed by atoms with van der Waals surface area (Å²) in [4.78, 5) is 4.11. The molecule has 0 amide bonds. The van der Waals surface area contributed by atoms with Crippen molar-refractivity contribution in [2.75, 3.05) is 17.7 Å². The first kappa shape index (κ1) is 22.9. The molecular formula is C15H13B4BrFN5O3S. The van der Waals surface area contributed by atoms with Crippen LogP contribution in [0.4, 0.5) is 15.9 Å². The number of benzene rings is 1. The van der Waals surface area contributed by atoms with E-state index in [1.165, 1.54) is 25.2 Å². The summed E-state index contributed by atoms with van der Waals surface area (Å²) < 4.78 is 38.9. The average Bonchev–Trinajstić information content (AvgIpc) is 3.08. The number of amidine groups is 1. The molecule has 1 fully saturated rings. The summed E-state index contributed by atoms with van der Waals surface area (Å²) >= 11 is 3.11. The molecule has 30 heavy (non-hydrogen) atoms. The molecular weight excluding hydrogens is 472 g/mol. The SMILES string of the molecule is [B]C1([B])CC(Nc2nonc2C(=NC)Nc2ccc(F)c(Br)c2)CC([B])([B])S1(=O)=O. The second-order valence-electron chi connectivity index (χ2n) is 6.95. The van der Waals surface area contributed by atoms with Crippen molar-refractivity contribution in [3.05, 3.63) is 34.2 Å². The number of aliphatic imine (C=N–C) groups is 1. The molecule has 0 aliphatic carbocycles. The van der Waals surface area contributed by atoms with Gasteiger partial charge in [-0.15, -0.1) is 0 Å². The molecule has 0 spiro atoms. The Labute approximate surface area is 186 Å². The molecule has 1 aromatic carbocycles. The molecule has 2 N–H and O–H groups in total. The van der Waals surface area contributed by atoms with Gasteiger partial charge in [0.1, 0.15) is 15.7 Å². The summed E-state index contributed by atoms with van der Waals surface area (Å²) in [6, 6.07) is 3.64. The Morgan fingerprint density at radius 1 is 1.27 bits per heavy atom. The van der Waals surface area contributed by atoms with Crippen LogP contribution >= 0.6 is 15.9 Å². The Balaban J connectivity index is 1.83.